The van der Waals surface area contributed by atoms with Crippen LogP contribution in [-0.4, -0.2) is 28.6 Å². The molecule has 76 valence electrons. The molecule has 1 aromatic rings. The summed E-state index contributed by atoms with van der Waals surface area (Å²) < 4.78 is 4.74. The quantitative estimate of drug-likeness (QED) is 0.769. The molecule has 0 aliphatic heterocycles. The van der Waals surface area contributed by atoms with Crippen LogP contribution in [0.5, 0.6) is 0 Å². The fourth-order valence-corrected chi connectivity index (χ4v) is 1.67. The van der Waals surface area contributed by atoms with Crippen molar-refractivity contribution in [3.8, 4) is 0 Å². The van der Waals surface area contributed by atoms with E-state index in [1.54, 1.807) is 13.8 Å². The first-order chi connectivity index (χ1) is 6.56. The van der Waals surface area contributed by atoms with Gasteiger partial charge >= 0.3 is 11.9 Å². The van der Waals surface area contributed by atoms with Crippen LogP contribution in [0.1, 0.15) is 32.1 Å². The molecule has 0 bridgehead atoms. The van der Waals surface area contributed by atoms with Gasteiger partial charge in [-0.2, -0.15) is 0 Å². The topological polar surface area (TPSA) is 76.5 Å². The predicted molar refractivity (Wildman–Crippen MR) is 49.8 cm³/mol. The highest BCUT2D eigenvalue weighted by molar-refractivity contribution is 7.15. The predicted octanol–water partition coefficient (Wildman–Crippen LogP) is 1.33. The highest BCUT2D eigenvalue weighted by Crippen LogP contribution is 2.18. The second-order valence-electron chi connectivity index (χ2n) is 2.46. The van der Waals surface area contributed by atoms with Crippen LogP contribution in [0.3, 0.4) is 0 Å². The molecule has 1 rings (SSSR count). The summed E-state index contributed by atoms with van der Waals surface area (Å²) in [5.74, 6) is -1.65. The molecule has 0 aromatic carbocycles. The van der Waals surface area contributed by atoms with Gasteiger partial charge in [-0.25, -0.2) is 14.6 Å². The third kappa shape index (κ3) is 2.08. The van der Waals surface area contributed by atoms with Gasteiger partial charge in [0.1, 0.15) is 4.88 Å². The third-order valence-corrected chi connectivity index (χ3v) is 2.57. The Labute approximate surface area is 84.3 Å². The minimum absolute atomic E-state index is 0.0921. The Hall–Kier alpha value is -1.43. The molecule has 1 N–H and O–H groups in total. The van der Waals surface area contributed by atoms with Crippen molar-refractivity contribution in [2.45, 2.75) is 13.8 Å². The molecule has 0 amide bonds. The maximum atomic E-state index is 11.3. The number of thiazole rings is 1. The number of ether oxygens (including phenoxy) is 1. The normalized spacial score (nSPS) is 9.86. The summed E-state index contributed by atoms with van der Waals surface area (Å²) in [6.45, 7) is 3.53. The van der Waals surface area contributed by atoms with E-state index in [1.807, 2.05) is 0 Å². The minimum atomic E-state index is -1.13. The van der Waals surface area contributed by atoms with Crippen molar-refractivity contribution in [1.82, 2.24) is 4.98 Å². The fraction of sp³-hybridized carbons (Fsp3) is 0.375. The monoisotopic (exact) mass is 215 g/mol. The van der Waals surface area contributed by atoms with Gasteiger partial charge < -0.3 is 9.84 Å². The van der Waals surface area contributed by atoms with Crippen molar-refractivity contribution in [3.05, 3.63) is 15.6 Å². The number of carbonyl (C=O) groups excluding carboxylic acids is 1. The largest absolute Gasteiger partial charge is 0.476 e. The molecule has 0 radical (unpaired) electrons. The fourth-order valence-electron chi connectivity index (χ4n) is 0.874. The Kier molecular flexibility index (Phi) is 3.19. The summed E-state index contributed by atoms with van der Waals surface area (Å²) in [7, 11) is 0. The number of aryl methyl sites for hydroxylation is 1. The Morgan fingerprint density at radius 2 is 2.21 bits per heavy atom. The molecule has 0 fully saturated rings. The molecule has 5 nitrogen and oxygen atoms in total. The first-order valence-electron chi connectivity index (χ1n) is 3.94. The van der Waals surface area contributed by atoms with E-state index in [1.165, 1.54) is 0 Å². The molecule has 1 heterocycles. The van der Waals surface area contributed by atoms with Gasteiger partial charge in [0, 0.05) is 0 Å². The molecular weight excluding hydrogens is 206 g/mol. The van der Waals surface area contributed by atoms with Crippen LogP contribution in [0.25, 0.3) is 0 Å². The Bertz CT molecular complexity index is 371. The molecule has 0 saturated carbocycles. The molecule has 0 saturated heterocycles. The van der Waals surface area contributed by atoms with E-state index in [0.717, 1.165) is 11.3 Å². The molecule has 0 spiro atoms. The molecular formula is C8H9NO4S. The maximum absolute atomic E-state index is 11.3. The van der Waals surface area contributed by atoms with Gasteiger partial charge in [-0.3, -0.25) is 0 Å². The Balaban J connectivity index is 2.98. The first-order valence-corrected chi connectivity index (χ1v) is 4.75. The van der Waals surface area contributed by atoms with Crippen molar-refractivity contribution in [2.75, 3.05) is 6.61 Å². The van der Waals surface area contributed by atoms with E-state index in [2.05, 4.69) is 4.98 Å². The van der Waals surface area contributed by atoms with Gasteiger partial charge in [-0.05, 0) is 13.8 Å². The maximum Gasteiger partial charge on any atom is 0.365 e. The molecule has 0 atom stereocenters. The summed E-state index contributed by atoms with van der Waals surface area (Å²) in [6, 6.07) is 0. The van der Waals surface area contributed by atoms with Crippen LogP contribution in [-0.2, 0) is 4.74 Å². The summed E-state index contributed by atoms with van der Waals surface area (Å²) >= 11 is 0.830. The Morgan fingerprint density at radius 3 is 2.64 bits per heavy atom. The van der Waals surface area contributed by atoms with E-state index in [4.69, 9.17) is 9.84 Å². The molecule has 1 aromatic heterocycles. The molecule has 0 unspecified atom stereocenters. The number of carbonyl (C=O) groups is 2. The van der Waals surface area contributed by atoms with Gasteiger partial charge in [0.2, 0.25) is 5.01 Å². The first kappa shape index (κ1) is 10.6. The van der Waals surface area contributed by atoms with Gasteiger partial charge in [0.05, 0.1) is 12.3 Å². The van der Waals surface area contributed by atoms with Crippen LogP contribution >= 0.6 is 11.3 Å². The molecule has 0 aliphatic rings. The van der Waals surface area contributed by atoms with Crippen molar-refractivity contribution >= 4 is 23.3 Å². The lowest BCUT2D eigenvalue weighted by molar-refractivity contribution is 0.0530. The van der Waals surface area contributed by atoms with Crippen LogP contribution in [0.15, 0.2) is 0 Å². The van der Waals surface area contributed by atoms with Gasteiger partial charge in [-0.15, -0.1) is 0 Å². The number of aromatic carboxylic acids is 1. The lowest BCUT2D eigenvalue weighted by Crippen LogP contribution is -2.03. The summed E-state index contributed by atoms with van der Waals surface area (Å²) in [6.07, 6.45) is 0. The number of nitrogens with zero attached hydrogens (tertiary/aromatic N) is 1. The molecule has 6 heteroatoms. The van der Waals surface area contributed by atoms with Crippen molar-refractivity contribution < 1.29 is 19.4 Å². The Morgan fingerprint density at radius 1 is 1.57 bits per heavy atom. The van der Waals surface area contributed by atoms with Gasteiger partial charge in [-0.1, -0.05) is 11.3 Å². The van der Waals surface area contributed by atoms with E-state index >= 15 is 0 Å². The summed E-state index contributed by atoms with van der Waals surface area (Å²) in [5.41, 5.74) is 0.394. The number of rotatable bonds is 3. The minimum Gasteiger partial charge on any atom is -0.476 e. The van der Waals surface area contributed by atoms with Crippen LogP contribution in [0, 0.1) is 6.92 Å². The van der Waals surface area contributed by atoms with Crippen molar-refractivity contribution in [1.29, 1.82) is 0 Å². The lowest BCUT2D eigenvalue weighted by Gasteiger charge is -1.97. The highest BCUT2D eigenvalue weighted by atomic mass is 32.1. The third-order valence-electron chi connectivity index (χ3n) is 1.44. The van der Waals surface area contributed by atoms with Crippen LogP contribution < -0.4 is 0 Å². The zero-order valence-corrected chi connectivity index (χ0v) is 8.55. The number of hydrogen-bond acceptors (Lipinski definition) is 5. The number of carboxylic acid groups (broad SMARTS) is 1. The average molecular weight is 215 g/mol. The van der Waals surface area contributed by atoms with Gasteiger partial charge in [0.15, 0.2) is 0 Å². The van der Waals surface area contributed by atoms with E-state index in [-0.39, 0.29) is 16.5 Å². The number of hydrogen-bond donors (Lipinski definition) is 1. The summed E-state index contributed by atoms with van der Waals surface area (Å²) in [5, 5.41) is 8.54. The van der Waals surface area contributed by atoms with E-state index in [0.29, 0.717) is 5.69 Å². The van der Waals surface area contributed by atoms with Crippen LogP contribution in [0.2, 0.25) is 0 Å². The summed E-state index contributed by atoms with van der Waals surface area (Å²) in [4.78, 5) is 25.8. The van der Waals surface area contributed by atoms with Crippen LogP contribution in [0.4, 0.5) is 0 Å². The highest BCUT2D eigenvalue weighted by Gasteiger charge is 2.19. The SMILES string of the molecule is CCOC(=O)c1sc(C(=O)O)nc1C. The van der Waals surface area contributed by atoms with Crippen molar-refractivity contribution in [2.24, 2.45) is 0 Å². The zero-order valence-electron chi connectivity index (χ0n) is 7.73. The average Bonchev–Trinajstić information content (AvgIpc) is 2.48. The second-order valence-corrected chi connectivity index (χ2v) is 3.46. The zero-order chi connectivity index (χ0) is 10.7. The smallest absolute Gasteiger partial charge is 0.365 e. The standard InChI is InChI=1S/C8H9NO4S/c1-3-13-8(12)5-4(2)9-6(14-5)7(10)11/h3H2,1-2H3,(H,10,11). The number of esters is 1. The number of carboxylic acids is 1. The van der Waals surface area contributed by atoms with Gasteiger partial charge in [0.25, 0.3) is 0 Å². The second kappa shape index (κ2) is 4.19. The molecule has 0 aliphatic carbocycles. The molecule has 14 heavy (non-hydrogen) atoms. The van der Waals surface area contributed by atoms with E-state index < -0.39 is 11.9 Å². The number of aromatic nitrogens is 1. The lowest BCUT2D eigenvalue weighted by atomic mass is 10.4. The van der Waals surface area contributed by atoms with E-state index in [9.17, 15) is 9.59 Å². The van der Waals surface area contributed by atoms with Crippen molar-refractivity contribution in [3.63, 3.8) is 0 Å².